The minimum atomic E-state index is -3.63. The Hall–Kier alpha value is -2.38. The van der Waals surface area contributed by atoms with Crippen molar-refractivity contribution in [3.63, 3.8) is 0 Å². The van der Waals surface area contributed by atoms with Crippen molar-refractivity contribution in [2.45, 2.75) is 56.4 Å². The van der Waals surface area contributed by atoms with Gasteiger partial charge in [-0.1, -0.05) is 24.6 Å². The van der Waals surface area contributed by atoms with Crippen LogP contribution in [0.15, 0.2) is 41.3 Å². The second-order valence-electron chi connectivity index (χ2n) is 8.40. The predicted octanol–water partition coefficient (Wildman–Crippen LogP) is 3.85. The number of ether oxygens (including phenoxy) is 1. The number of carbonyl (C=O) groups is 1. The van der Waals surface area contributed by atoms with E-state index in [9.17, 15) is 13.2 Å². The van der Waals surface area contributed by atoms with Crippen LogP contribution in [0.5, 0.6) is 5.75 Å². The Morgan fingerprint density at radius 1 is 1.00 bits per heavy atom. The van der Waals surface area contributed by atoms with Crippen LogP contribution in [-0.2, 0) is 22.9 Å². The highest BCUT2D eigenvalue weighted by Crippen LogP contribution is 2.28. The number of piperidine rings is 1. The topological polar surface area (TPSA) is 75.7 Å². The third-order valence-corrected chi connectivity index (χ3v) is 8.23. The van der Waals surface area contributed by atoms with Crippen LogP contribution in [0.25, 0.3) is 0 Å². The van der Waals surface area contributed by atoms with Crippen molar-refractivity contribution < 1.29 is 17.9 Å². The maximum Gasteiger partial charge on any atom is 0.255 e. The summed E-state index contributed by atoms with van der Waals surface area (Å²) in [7, 11) is -2.15. The van der Waals surface area contributed by atoms with Crippen molar-refractivity contribution in [2.24, 2.45) is 0 Å². The van der Waals surface area contributed by atoms with Gasteiger partial charge in [0.2, 0.25) is 10.0 Å². The smallest absolute Gasteiger partial charge is 0.255 e. The fourth-order valence-electron chi connectivity index (χ4n) is 4.50. The molecule has 4 rings (SSSR count). The molecule has 0 bridgehead atoms. The molecular formula is C24H30N2O4S. The molecule has 0 saturated carbocycles. The first-order chi connectivity index (χ1) is 14.9. The van der Waals surface area contributed by atoms with E-state index in [0.29, 0.717) is 18.8 Å². The summed E-state index contributed by atoms with van der Waals surface area (Å²) in [5, 5.41) is 3.01. The van der Waals surface area contributed by atoms with Gasteiger partial charge in [0.25, 0.3) is 5.91 Å². The van der Waals surface area contributed by atoms with E-state index in [2.05, 4.69) is 23.5 Å². The molecule has 166 valence electrons. The van der Waals surface area contributed by atoms with Gasteiger partial charge >= 0.3 is 0 Å². The van der Waals surface area contributed by atoms with E-state index < -0.39 is 10.0 Å². The van der Waals surface area contributed by atoms with Crippen molar-refractivity contribution in [1.29, 1.82) is 0 Å². The zero-order chi connectivity index (χ0) is 22.0. The Morgan fingerprint density at radius 3 is 2.48 bits per heavy atom. The molecule has 7 heteroatoms. The van der Waals surface area contributed by atoms with Crippen molar-refractivity contribution in [2.75, 3.05) is 20.2 Å². The average Bonchev–Trinajstić information content (AvgIpc) is 3.27. The second kappa shape index (κ2) is 9.01. The fourth-order valence-corrected chi connectivity index (χ4v) is 6.04. The molecule has 1 atom stereocenters. The second-order valence-corrected chi connectivity index (χ2v) is 10.3. The van der Waals surface area contributed by atoms with E-state index in [1.807, 2.05) is 6.92 Å². The molecule has 0 radical (unpaired) electrons. The highest BCUT2D eigenvalue weighted by Gasteiger charge is 2.28. The number of benzene rings is 2. The molecule has 2 aliphatic rings. The summed E-state index contributed by atoms with van der Waals surface area (Å²) in [6, 6.07) is 10.7. The van der Waals surface area contributed by atoms with Gasteiger partial charge < -0.3 is 10.1 Å². The first kappa shape index (κ1) is 21.8. The van der Waals surface area contributed by atoms with E-state index in [0.717, 1.165) is 37.7 Å². The summed E-state index contributed by atoms with van der Waals surface area (Å²) < 4.78 is 33.0. The summed E-state index contributed by atoms with van der Waals surface area (Å²) >= 11 is 0. The molecule has 1 amide bonds. The highest BCUT2D eigenvalue weighted by molar-refractivity contribution is 7.89. The lowest BCUT2D eigenvalue weighted by molar-refractivity contribution is 0.0936. The number of hydrogen-bond acceptors (Lipinski definition) is 4. The van der Waals surface area contributed by atoms with E-state index in [1.54, 1.807) is 6.07 Å². The molecular weight excluding hydrogens is 412 g/mol. The van der Waals surface area contributed by atoms with Crippen molar-refractivity contribution in [3.8, 4) is 5.75 Å². The lowest BCUT2D eigenvalue weighted by atomic mass is 10.0. The Kier molecular flexibility index (Phi) is 6.34. The van der Waals surface area contributed by atoms with Crippen molar-refractivity contribution in [3.05, 3.63) is 58.7 Å². The van der Waals surface area contributed by atoms with Gasteiger partial charge in [-0.05, 0) is 73.9 Å². The number of fused-ring (bicyclic) bond motifs is 1. The number of carbonyl (C=O) groups excluding carboxylic acids is 1. The van der Waals surface area contributed by atoms with Crippen LogP contribution in [0.1, 0.15) is 65.7 Å². The molecule has 31 heavy (non-hydrogen) atoms. The van der Waals surface area contributed by atoms with Crippen LogP contribution in [-0.4, -0.2) is 38.8 Å². The molecule has 1 unspecified atom stereocenters. The van der Waals surface area contributed by atoms with Crippen LogP contribution in [0.4, 0.5) is 0 Å². The molecule has 6 nitrogen and oxygen atoms in total. The van der Waals surface area contributed by atoms with Gasteiger partial charge in [-0.2, -0.15) is 4.31 Å². The number of methoxy groups -OCH3 is 1. The molecule has 1 fully saturated rings. The zero-order valence-electron chi connectivity index (χ0n) is 18.2. The molecule has 1 N–H and O–H groups in total. The minimum Gasteiger partial charge on any atom is -0.496 e. The zero-order valence-corrected chi connectivity index (χ0v) is 19.0. The molecule has 1 aliphatic heterocycles. The summed E-state index contributed by atoms with van der Waals surface area (Å²) in [5.41, 5.74) is 4.02. The van der Waals surface area contributed by atoms with Gasteiger partial charge in [0.1, 0.15) is 5.75 Å². The number of nitrogens with one attached hydrogen (secondary N) is 1. The van der Waals surface area contributed by atoms with E-state index in [-0.39, 0.29) is 22.4 Å². The SMILES string of the molecule is COc1ccc(S(=O)(=O)N2CCCCC2)cc1C(=O)NC(C)c1ccc2c(c1)CCC2. The monoisotopic (exact) mass is 442 g/mol. The normalized spacial score (nSPS) is 17.7. The maximum absolute atomic E-state index is 13.1. The lowest BCUT2D eigenvalue weighted by Gasteiger charge is -2.26. The van der Waals surface area contributed by atoms with Gasteiger partial charge in [0.05, 0.1) is 23.6 Å². The number of nitrogens with zero attached hydrogens (tertiary/aromatic N) is 1. The van der Waals surface area contributed by atoms with Gasteiger partial charge in [-0.25, -0.2) is 8.42 Å². The molecule has 0 spiro atoms. The number of rotatable bonds is 6. The van der Waals surface area contributed by atoms with Gasteiger partial charge in [-0.3, -0.25) is 4.79 Å². The molecule has 2 aromatic rings. The Labute approximate surface area is 184 Å². The molecule has 0 aromatic heterocycles. The quantitative estimate of drug-likeness (QED) is 0.737. The minimum absolute atomic E-state index is 0.130. The molecule has 1 aliphatic carbocycles. The first-order valence-electron chi connectivity index (χ1n) is 11.0. The summed E-state index contributed by atoms with van der Waals surface area (Å²) in [5.74, 6) is 0.0109. The van der Waals surface area contributed by atoms with Crippen molar-refractivity contribution >= 4 is 15.9 Å². The third kappa shape index (κ3) is 4.48. The molecule has 1 saturated heterocycles. The van der Waals surface area contributed by atoms with E-state index >= 15 is 0 Å². The van der Waals surface area contributed by atoms with Crippen LogP contribution in [0.3, 0.4) is 0 Å². The number of hydrogen-bond donors (Lipinski definition) is 1. The van der Waals surface area contributed by atoms with Crippen LogP contribution in [0.2, 0.25) is 0 Å². The van der Waals surface area contributed by atoms with Crippen LogP contribution < -0.4 is 10.1 Å². The van der Waals surface area contributed by atoms with Gasteiger partial charge in [-0.15, -0.1) is 0 Å². The lowest BCUT2D eigenvalue weighted by Crippen LogP contribution is -2.35. The summed E-state index contributed by atoms with van der Waals surface area (Å²) in [6.45, 7) is 2.98. The number of aryl methyl sites for hydroxylation is 2. The van der Waals surface area contributed by atoms with Crippen LogP contribution >= 0.6 is 0 Å². The number of amides is 1. The van der Waals surface area contributed by atoms with Gasteiger partial charge in [0, 0.05) is 13.1 Å². The fraction of sp³-hybridized carbons (Fsp3) is 0.458. The first-order valence-corrected chi connectivity index (χ1v) is 12.4. The molecule has 1 heterocycles. The number of sulfonamides is 1. The average molecular weight is 443 g/mol. The predicted molar refractivity (Wildman–Crippen MR) is 120 cm³/mol. The van der Waals surface area contributed by atoms with E-state index in [1.165, 1.54) is 41.1 Å². The molecule has 2 aromatic carbocycles. The summed E-state index contributed by atoms with van der Waals surface area (Å²) in [4.78, 5) is 13.2. The van der Waals surface area contributed by atoms with E-state index in [4.69, 9.17) is 4.74 Å². The van der Waals surface area contributed by atoms with Crippen LogP contribution in [0, 0.1) is 0 Å². The van der Waals surface area contributed by atoms with Gasteiger partial charge in [0.15, 0.2) is 0 Å². The standard InChI is InChI=1S/C24H30N2O4S/c1-17(19-10-9-18-7-6-8-20(18)15-19)25-24(27)22-16-21(11-12-23(22)30-2)31(28,29)26-13-4-3-5-14-26/h9-12,15-17H,3-8,13-14H2,1-2H3,(H,25,27). The van der Waals surface area contributed by atoms with Crippen molar-refractivity contribution in [1.82, 2.24) is 9.62 Å². The largest absolute Gasteiger partial charge is 0.496 e. The Bertz CT molecular complexity index is 1070. The Morgan fingerprint density at radius 2 is 1.74 bits per heavy atom. The highest BCUT2D eigenvalue weighted by atomic mass is 32.2. The maximum atomic E-state index is 13.1. The Balaban J connectivity index is 1.57. The summed E-state index contributed by atoms with van der Waals surface area (Å²) in [6.07, 6.45) is 6.14. The third-order valence-electron chi connectivity index (χ3n) is 6.34.